The Morgan fingerprint density at radius 1 is 1.26 bits per heavy atom. The van der Waals surface area contributed by atoms with Gasteiger partial charge < -0.3 is 4.90 Å². The van der Waals surface area contributed by atoms with Crippen LogP contribution in [0.1, 0.15) is 44.2 Å². The van der Waals surface area contributed by atoms with E-state index in [1.165, 1.54) is 0 Å². The third-order valence-electron chi connectivity index (χ3n) is 4.76. The minimum atomic E-state index is -0.480. The highest BCUT2D eigenvalue weighted by atomic mass is 32.2. The SMILES string of the molecule is C[C@H]1CC(C)(C)N2C(=O)/C(=C3\SC(=O)NC3=O)c3cccc1c32. The number of carbonyl (C=O) groups excluding carboxylic acids is 3. The third-order valence-corrected chi connectivity index (χ3v) is 5.64. The molecular weight excluding hydrogens is 312 g/mol. The molecule has 3 aliphatic heterocycles. The summed E-state index contributed by atoms with van der Waals surface area (Å²) in [6, 6.07) is 5.82. The molecular formula is C17H16N2O3S. The molecule has 0 aliphatic carbocycles. The third kappa shape index (κ3) is 1.84. The van der Waals surface area contributed by atoms with E-state index in [0.29, 0.717) is 11.5 Å². The van der Waals surface area contributed by atoms with Gasteiger partial charge in [0.25, 0.3) is 17.1 Å². The number of nitrogens with zero attached hydrogens (tertiary/aromatic N) is 1. The summed E-state index contributed by atoms with van der Waals surface area (Å²) < 4.78 is 0. The number of carbonyl (C=O) groups is 3. The van der Waals surface area contributed by atoms with Crippen molar-refractivity contribution in [1.29, 1.82) is 0 Å². The molecule has 0 radical (unpaired) electrons. The molecule has 3 amide bonds. The molecule has 1 fully saturated rings. The van der Waals surface area contributed by atoms with E-state index in [-0.39, 0.29) is 16.4 Å². The van der Waals surface area contributed by atoms with Crippen molar-refractivity contribution in [3.05, 3.63) is 34.2 Å². The van der Waals surface area contributed by atoms with E-state index in [1.54, 1.807) is 4.90 Å². The van der Waals surface area contributed by atoms with E-state index in [9.17, 15) is 14.4 Å². The predicted octanol–water partition coefficient (Wildman–Crippen LogP) is 3.01. The van der Waals surface area contributed by atoms with Gasteiger partial charge in [0.15, 0.2) is 0 Å². The van der Waals surface area contributed by atoms with Gasteiger partial charge in [0.1, 0.15) is 0 Å². The van der Waals surface area contributed by atoms with Crippen LogP contribution in [-0.2, 0) is 9.59 Å². The van der Waals surface area contributed by atoms with Crippen molar-refractivity contribution in [3.8, 4) is 0 Å². The normalized spacial score (nSPS) is 28.2. The second kappa shape index (κ2) is 4.47. The number of benzene rings is 1. The molecule has 23 heavy (non-hydrogen) atoms. The molecule has 1 aromatic rings. The Kier molecular flexibility index (Phi) is 2.82. The predicted molar refractivity (Wildman–Crippen MR) is 89.1 cm³/mol. The number of rotatable bonds is 0. The average Bonchev–Trinajstić information content (AvgIpc) is 2.93. The number of amides is 3. The number of imide groups is 1. The molecule has 0 saturated carbocycles. The summed E-state index contributed by atoms with van der Waals surface area (Å²) >= 11 is 0.811. The number of hydrogen-bond donors (Lipinski definition) is 1. The van der Waals surface area contributed by atoms with E-state index in [1.807, 2.05) is 32.0 Å². The molecule has 118 valence electrons. The van der Waals surface area contributed by atoms with E-state index >= 15 is 0 Å². The second-order valence-electron chi connectivity index (χ2n) is 6.85. The van der Waals surface area contributed by atoms with Crippen LogP contribution in [0.15, 0.2) is 23.1 Å². The van der Waals surface area contributed by atoms with Gasteiger partial charge >= 0.3 is 0 Å². The first-order valence-corrected chi connectivity index (χ1v) is 8.38. The van der Waals surface area contributed by atoms with Crippen molar-refractivity contribution in [2.75, 3.05) is 4.90 Å². The van der Waals surface area contributed by atoms with E-state index in [4.69, 9.17) is 0 Å². The lowest BCUT2D eigenvalue weighted by Gasteiger charge is -2.43. The topological polar surface area (TPSA) is 66.5 Å². The summed E-state index contributed by atoms with van der Waals surface area (Å²) in [7, 11) is 0. The molecule has 1 N–H and O–H groups in total. The Bertz CT molecular complexity index is 825. The quantitative estimate of drug-likeness (QED) is 0.744. The molecule has 1 atom stereocenters. The monoisotopic (exact) mass is 328 g/mol. The van der Waals surface area contributed by atoms with E-state index in [0.717, 1.165) is 35.0 Å². The highest BCUT2D eigenvalue weighted by Gasteiger charge is 2.49. The lowest BCUT2D eigenvalue weighted by atomic mass is 9.80. The van der Waals surface area contributed by atoms with Crippen molar-refractivity contribution in [2.45, 2.75) is 38.6 Å². The molecule has 1 saturated heterocycles. The molecule has 5 nitrogen and oxygen atoms in total. The van der Waals surface area contributed by atoms with E-state index < -0.39 is 11.1 Å². The first-order chi connectivity index (χ1) is 10.8. The Morgan fingerprint density at radius 3 is 2.65 bits per heavy atom. The maximum Gasteiger partial charge on any atom is 0.290 e. The molecule has 0 bridgehead atoms. The van der Waals surface area contributed by atoms with Crippen LogP contribution < -0.4 is 10.2 Å². The number of hydrogen-bond acceptors (Lipinski definition) is 4. The Balaban J connectivity index is 2.03. The van der Waals surface area contributed by atoms with Crippen molar-refractivity contribution in [1.82, 2.24) is 5.32 Å². The first kappa shape index (κ1) is 14.5. The van der Waals surface area contributed by atoms with Gasteiger partial charge in [0, 0.05) is 11.1 Å². The summed E-state index contributed by atoms with van der Waals surface area (Å²) in [6.45, 7) is 6.24. The van der Waals surface area contributed by atoms with Gasteiger partial charge in [-0.15, -0.1) is 0 Å². The summed E-state index contributed by atoms with van der Waals surface area (Å²) in [5, 5.41) is 1.82. The summed E-state index contributed by atoms with van der Waals surface area (Å²) in [6.07, 6.45) is 0.857. The number of thioether (sulfide) groups is 1. The van der Waals surface area contributed by atoms with Gasteiger partial charge in [0.05, 0.1) is 16.2 Å². The van der Waals surface area contributed by atoms with Crippen LogP contribution >= 0.6 is 11.8 Å². The van der Waals surface area contributed by atoms with Crippen LogP contribution in [0.5, 0.6) is 0 Å². The van der Waals surface area contributed by atoms with Crippen LogP contribution in [0.2, 0.25) is 0 Å². The summed E-state index contributed by atoms with van der Waals surface area (Å²) in [5.41, 5.74) is 2.82. The zero-order chi connectivity index (χ0) is 16.5. The Labute approximate surface area is 138 Å². The molecule has 1 aromatic carbocycles. The molecule has 3 heterocycles. The zero-order valence-corrected chi connectivity index (χ0v) is 13.9. The fourth-order valence-electron chi connectivity index (χ4n) is 3.97. The van der Waals surface area contributed by atoms with Crippen LogP contribution in [0.25, 0.3) is 5.57 Å². The number of nitrogens with one attached hydrogen (secondary N) is 1. The van der Waals surface area contributed by atoms with Gasteiger partial charge in [-0.2, -0.15) is 0 Å². The highest BCUT2D eigenvalue weighted by Crippen LogP contribution is 2.53. The van der Waals surface area contributed by atoms with E-state index in [2.05, 4.69) is 12.2 Å². The molecule has 0 spiro atoms. The minimum Gasteiger partial charge on any atom is -0.302 e. The fourth-order valence-corrected chi connectivity index (χ4v) is 4.74. The number of para-hydroxylation sites is 1. The van der Waals surface area contributed by atoms with Crippen molar-refractivity contribution < 1.29 is 14.4 Å². The van der Waals surface area contributed by atoms with Crippen LogP contribution in [-0.4, -0.2) is 22.6 Å². The minimum absolute atomic E-state index is 0.184. The maximum absolute atomic E-state index is 13.1. The van der Waals surface area contributed by atoms with Gasteiger partial charge in [-0.05, 0) is 43.5 Å². The molecule has 0 unspecified atom stereocenters. The Morgan fingerprint density at radius 2 is 2.00 bits per heavy atom. The molecule has 4 rings (SSSR count). The van der Waals surface area contributed by atoms with Crippen LogP contribution in [0, 0.1) is 0 Å². The van der Waals surface area contributed by atoms with Crippen LogP contribution in [0.3, 0.4) is 0 Å². The summed E-state index contributed by atoms with van der Waals surface area (Å²) in [4.78, 5) is 38.7. The lowest BCUT2D eigenvalue weighted by Crippen LogP contribution is -2.49. The van der Waals surface area contributed by atoms with Gasteiger partial charge in [-0.1, -0.05) is 25.1 Å². The standard InChI is InChI=1S/C17H16N2O3S/c1-8-7-17(2,3)19-12-9(8)5-4-6-10(12)11(15(19)21)13-14(20)18-16(22)23-13/h4-6,8H,7H2,1-3H3,(H,18,20,22)/b13-11-/t8-/m0/s1. The van der Waals surface area contributed by atoms with Crippen molar-refractivity contribution in [2.24, 2.45) is 0 Å². The molecule has 0 aromatic heterocycles. The molecule has 6 heteroatoms. The van der Waals surface area contributed by atoms with Crippen molar-refractivity contribution >= 4 is 40.1 Å². The van der Waals surface area contributed by atoms with Crippen molar-refractivity contribution in [3.63, 3.8) is 0 Å². The fraction of sp³-hybridized carbons (Fsp3) is 0.353. The highest BCUT2D eigenvalue weighted by molar-refractivity contribution is 8.18. The zero-order valence-electron chi connectivity index (χ0n) is 13.1. The molecule has 3 aliphatic rings. The lowest BCUT2D eigenvalue weighted by molar-refractivity contribution is -0.116. The first-order valence-electron chi connectivity index (χ1n) is 7.56. The van der Waals surface area contributed by atoms with Gasteiger partial charge in [-0.3, -0.25) is 19.7 Å². The second-order valence-corrected chi connectivity index (χ2v) is 7.83. The largest absolute Gasteiger partial charge is 0.302 e. The smallest absolute Gasteiger partial charge is 0.290 e. The van der Waals surface area contributed by atoms with Gasteiger partial charge in [-0.25, -0.2) is 0 Å². The Hall–Kier alpha value is -2.08. The number of anilines is 1. The van der Waals surface area contributed by atoms with Gasteiger partial charge in [0.2, 0.25) is 0 Å². The average molecular weight is 328 g/mol. The maximum atomic E-state index is 13.1. The van der Waals surface area contributed by atoms with Crippen LogP contribution in [0.4, 0.5) is 10.5 Å². The summed E-state index contributed by atoms with van der Waals surface area (Å²) in [5.74, 6) is -0.330.